The smallest absolute Gasteiger partial charge is 0.236 e. The van der Waals surface area contributed by atoms with Crippen molar-refractivity contribution in [3.8, 4) is 50.8 Å². The molecule has 0 radical (unpaired) electrons. The molecule has 0 aliphatic carbocycles. The zero-order chi connectivity index (χ0) is 41.6. The number of fused-ring (bicyclic) bond motifs is 17. The number of benzene rings is 9. The van der Waals surface area contributed by atoms with E-state index in [1.165, 1.54) is 70.6 Å². The molecule has 5 aromatic heterocycles. The van der Waals surface area contributed by atoms with Crippen molar-refractivity contribution in [1.29, 1.82) is 0 Å². The summed E-state index contributed by atoms with van der Waals surface area (Å²) in [6, 6.07) is 72.8. The fourth-order valence-corrected chi connectivity index (χ4v) is 12.1. The first-order valence-electron chi connectivity index (χ1n) is 21.8. The maximum absolute atomic E-state index is 5.77. The molecule has 0 fully saturated rings. The number of aromatic nitrogens is 5. The Hall–Kier alpha value is -8.32. The van der Waals surface area contributed by atoms with Crippen LogP contribution in [0, 0.1) is 0 Å². The third kappa shape index (κ3) is 4.46. The first-order chi connectivity index (χ1) is 31.8. The summed E-state index contributed by atoms with van der Waals surface area (Å²) >= 11 is 1.74. The van der Waals surface area contributed by atoms with Crippen LogP contribution in [-0.4, -0.2) is 23.7 Å². The minimum Gasteiger partial charge on any atom is -0.309 e. The van der Waals surface area contributed by atoms with E-state index in [-0.39, 0.29) is 0 Å². The molecule has 0 N–H and O–H groups in total. The lowest BCUT2D eigenvalue weighted by Crippen LogP contribution is -2.03. The van der Waals surface area contributed by atoms with Gasteiger partial charge in [0, 0.05) is 70.2 Å². The zero-order valence-electron chi connectivity index (χ0n) is 34.2. The lowest BCUT2D eigenvalue weighted by atomic mass is 9.94. The van der Waals surface area contributed by atoms with E-state index in [2.05, 4.69) is 214 Å². The van der Waals surface area contributed by atoms with Gasteiger partial charge in [-0.2, -0.15) is 0 Å². The van der Waals surface area contributed by atoms with Crippen molar-refractivity contribution in [3.63, 3.8) is 0 Å². The summed E-state index contributed by atoms with van der Waals surface area (Å²) in [6.07, 6.45) is 0. The van der Waals surface area contributed by atoms with Gasteiger partial charge in [0.15, 0.2) is 0 Å². The van der Waals surface area contributed by atoms with Crippen molar-refractivity contribution >= 4 is 97.1 Å². The zero-order valence-corrected chi connectivity index (χ0v) is 35.0. The fraction of sp³-hybridized carbons (Fsp3) is 0. The molecule has 64 heavy (non-hydrogen) atoms. The maximum atomic E-state index is 5.77. The normalized spacial score (nSPS) is 12.4. The van der Waals surface area contributed by atoms with Crippen molar-refractivity contribution < 1.29 is 0 Å². The first kappa shape index (κ1) is 34.3. The highest BCUT2D eigenvalue weighted by Gasteiger charge is 2.27. The van der Waals surface area contributed by atoms with Crippen molar-refractivity contribution in [3.05, 3.63) is 200 Å². The third-order valence-electron chi connectivity index (χ3n) is 13.6. The molecule has 14 aromatic rings. The van der Waals surface area contributed by atoms with Crippen LogP contribution in [0.15, 0.2) is 200 Å². The second-order valence-corrected chi connectivity index (χ2v) is 17.9. The van der Waals surface area contributed by atoms with Gasteiger partial charge in [-0.05, 0) is 65.7 Å². The minimum atomic E-state index is 0.660. The Morgan fingerprint density at radius 2 is 0.922 bits per heavy atom. The number of rotatable bonds is 3. The molecule has 296 valence electrons. The highest BCUT2D eigenvalue weighted by Crippen LogP contribution is 2.49. The second-order valence-electron chi connectivity index (χ2n) is 16.9. The van der Waals surface area contributed by atoms with Crippen molar-refractivity contribution in [2.24, 2.45) is 0 Å². The average molecular weight is 832 g/mol. The number of nitrogens with zero attached hydrogens (tertiary/aromatic N) is 5. The van der Waals surface area contributed by atoms with Gasteiger partial charge in [0.25, 0.3) is 0 Å². The van der Waals surface area contributed by atoms with Gasteiger partial charge in [-0.15, -0.1) is 11.3 Å². The van der Waals surface area contributed by atoms with Gasteiger partial charge >= 0.3 is 0 Å². The van der Waals surface area contributed by atoms with Crippen LogP contribution in [0.5, 0.6) is 0 Å². The Labute approximate surface area is 370 Å². The van der Waals surface area contributed by atoms with Gasteiger partial charge < -0.3 is 9.13 Å². The van der Waals surface area contributed by atoms with Crippen LogP contribution in [0.25, 0.3) is 137 Å². The van der Waals surface area contributed by atoms with Crippen LogP contribution in [-0.2, 0) is 0 Å². The molecule has 0 bridgehead atoms. The van der Waals surface area contributed by atoms with Crippen molar-refractivity contribution in [2.75, 3.05) is 0 Å². The Bertz CT molecular complexity index is 4320. The summed E-state index contributed by atoms with van der Waals surface area (Å²) < 4.78 is 8.40. The standard InChI is InChI=1S/C58H33N5S/c1-2-16-34(17-3-1)61-48-29-12-8-22-41(48)53-43(26-15-30-49(53)61)55-54-42-23-9-13-31-52(42)64-57(54)60-58(59-55)63-47-28-11-7-21-38(47)44-32-50-45(33-51(44)63)40-25-14-24-39-36-19-5-4-18-35(36)37-20-6-10-27-46(37)62(50)56(39)40/h1-33H. The quantitative estimate of drug-likeness (QED) is 0.178. The molecule has 0 amide bonds. The molecule has 6 heterocycles. The van der Waals surface area contributed by atoms with Crippen LogP contribution < -0.4 is 0 Å². The average Bonchev–Trinajstić information content (AvgIpc) is 4.07. The molecule has 0 atom stereocenters. The Morgan fingerprint density at radius 1 is 0.344 bits per heavy atom. The molecule has 5 nitrogen and oxygen atoms in total. The van der Waals surface area contributed by atoms with Crippen molar-refractivity contribution in [1.82, 2.24) is 23.7 Å². The summed E-state index contributed by atoms with van der Waals surface area (Å²) in [4.78, 5) is 12.3. The maximum Gasteiger partial charge on any atom is 0.236 e. The third-order valence-corrected chi connectivity index (χ3v) is 14.7. The predicted octanol–water partition coefficient (Wildman–Crippen LogP) is 15.5. The first-order valence-corrected chi connectivity index (χ1v) is 22.6. The van der Waals surface area contributed by atoms with Gasteiger partial charge in [0.2, 0.25) is 5.95 Å². The molecular weight excluding hydrogens is 799 g/mol. The molecule has 6 heteroatoms. The SMILES string of the molecule is c1ccc(-n2c3ccccc3c3c(-c4nc(-n5c6ccccc6c6cc7c(cc65)c5cccc6c5n7-c5ccccc5-c5ccccc5-6)nc5sc6ccccc6c45)cccc32)cc1. The molecule has 0 saturated heterocycles. The lowest BCUT2D eigenvalue weighted by molar-refractivity contribution is 1.02. The van der Waals surface area contributed by atoms with E-state index in [4.69, 9.17) is 9.97 Å². The molecular formula is C58H33N5S. The van der Waals surface area contributed by atoms with Crippen LogP contribution >= 0.6 is 11.3 Å². The topological polar surface area (TPSA) is 40.6 Å². The molecule has 0 spiro atoms. The van der Waals surface area contributed by atoms with E-state index < -0.39 is 0 Å². The summed E-state index contributed by atoms with van der Waals surface area (Å²) in [5.41, 5.74) is 16.2. The number of hydrogen-bond donors (Lipinski definition) is 0. The lowest BCUT2D eigenvalue weighted by Gasteiger charge is -2.13. The van der Waals surface area contributed by atoms with E-state index in [0.717, 1.165) is 60.0 Å². The monoisotopic (exact) mass is 831 g/mol. The fourth-order valence-electron chi connectivity index (χ4n) is 11.0. The van der Waals surface area contributed by atoms with E-state index in [9.17, 15) is 0 Å². The Balaban J connectivity index is 1.07. The molecule has 0 unspecified atom stereocenters. The summed E-state index contributed by atoms with van der Waals surface area (Å²) in [6.45, 7) is 0. The van der Waals surface area contributed by atoms with Gasteiger partial charge in [0.1, 0.15) is 4.83 Å². The minimum absolute atomic E-state index is 0.660. The van der Waals surface area contributed by atoms with E-state index in [1.807, 2.05) is 0 Å². The summed E-state index contributed by atoms with van der Waals surface area (Å²) in [7, 11) is 0. The summed E-state index contributed by atoms with van der Waals surface area (Å²) in [5.74, 6) is 0.660. The summed E-state index contributed by atoms with van der Waals surface area (Å²) in [5, 5.41) is 9.38. The largest absolute Gasteiger partial charge is 0.309 e. The molecule has 1 aliphatic rings. The molecule has 9 aromatic carbocycles. The van der Waals surface area contributed by atoms with E-state index >= 15 is 0 Å². The van der Waals surface area contributed by atoms with Crippen LogP contribution in [0.4, 0.5) is 0 Å². The highest BCUT2D eigenvalue weighted by molar-refractivity contribution is 7.25. The van der Waals surface area contributed by atoms with E-state index in [1.54, 1.807) is 11.3 Å². The predicted molar refractivity (Wildman–Crippen MR) is 268 cm³/mol. The van der Waals surface area contributed by atoms with Crippen LogP contribution in [0.2, 0.25) is 0 Å². The number of hydrogen-bond acceptors (Lipinski definition) is 3. The highest BCUT2D eigenvalue weighted by atomic mass is 32.1. The van der Waals surface area contributed by atoms with Gasteiger partial charge in [0.05, 0.1) is 44.5 Å². The Morgan fingerprint density at radius 3 is 1.77 bits per heavy atom. The molecule has 0 saturated carbocycles. The van der Waals surface area contributed by atoms with Crippen molar-refractivity contribution in [2.45, 2.75) is 0 Å². The Kier molecular flexibility index (Phi) is 6.77. The van der Waals surface area contributed by atoms with Gasteiger partial charge in [-0.25, -0.2) is 9.97 Å². The van der Waals surface area contributed by atoms with Gasteiger partial charge in [-0.3, -0.25) is 4.57 Å². The van der Waals surface area contributed by atoms with Crippen LogP contribution in [0.3, 0.4) is 0 Å². The molecule has 15 rings (SSSR count). The second kappa shape index (κ2) is 12.6. The van der Waals surface area contributed by atoms with Gasteiger partial charge in [-0.1, -0.05) is 146 Å². The van der Waals surface area contributed by atoms with Crippen LogP contribution in [0.1, 0.15) is 0 Å². The van der Waals surface area contributed by atoms with E-state index in [0.29, 0.717) is 5.95 Å². The number of thiophene rings is 1. The number of para-hydroxylation sites is 5. The molecule has 1 aliphatic heterocycles.